The first-order valence-electron chi connectivity index (χ1n) is 10.0. The number of para-hydroxylation sites is 1. The number of hydrogen-bond donors (Lipinski definition) is 2. The van der Waals surface area contributed by atoms with Crippen molar-refractivity contribution in [3.8, 4) is 5.75 Å². The zero-order chi connectivity index (χ0) is 20.5. The maximum Gasteiger partial charge on any atom is 0.238 e. The fraction of sp³-hybridized carbons (Fsp3) is 0.292. The van der Waals surface area contributed by atoms with E-state index in [1.165, 1.54) is 5.56 Å². The van der Waals surface area contributed by atoms with Gasteiger partial charge in [-0.1, -0.05) is 54.6 Å². The van der Waals surface area contributed by atoms with Crippen molar-refractivity contribution in [1.29, 1.82) is 0 Å². The monoisotopic (exact) mass is 391 g/mol. The smallest absolute Gasteiger partial charge is 0.238 e. The number of nitrogens with zero attached hydrogens (tertiary/aromatic N) is 2. The molecule has 5 nitrogen and oxygen atoms in total. The quantitative estimate of drug-likeness (QED) is 0.679. The average Bonchev–Trinajstić information content (AvgIpc) is 2.73. The summed E-state index contributed by atoms with van der Waals surface area (Å²) in [5.74, 6) is 0.187. The van der Waals surface area contributed by atoms with E-state index < -0.39 is 0 Å². The number of phenolic OH excluding ortho intramolecular Hbond substituents is 1. The summed E-state index contributed by atoms with van der Waals surface area (Å²) in [6.07, 6.45) is 5.68. The molecule has 0 radical (unpaired) electrons. The van der Waals surface area contributed by atoms with Crippen LogP contribution < -0.4 is 5.32 Å². The third kappa shape index (κ3) is 6.31. The van der Waals surface area contributed by atoms with Gasteiger partial charge in [0.2, 0.25) is 5.91 Å². The van der Waals surface area contributed by atoms with Gasteiger partial charge in [-0.15, -0.1) is 6.58 Å². The average molecular weight is 392 g/mol. The van der Waals surface area contributed by atoms with E-state index in [0.717, 1.165) is 38.3 Å². The predicted octanol–water partition coefficient (Wildman–Crippen LogP) is 3.03. The molecular weight excluding hydrogens is 362 g/mol. The lowest BCUT2D eigenvalue weighted by molar-refractivity contribution is -0.121. The number of phenols is 1. The lowest BCUT2D eigenvalue weighted by Gasteiger charge is -2.34. The van der Waals surface area contributed by atoms with Crippen molar-refractivity contribution in [2.45, 2.75) is 13.0 Å². The van der Waals surface area contributed by atoms with Gasteiger partial charge in [-0.25, -0.2) is 0 Å². The van der Waals surface area contributed by atoms with Crippen LogP contribution in [-0.2, 0) is 17.8 Å². The molecule has 2 aromatic rings. The SMILES string of the molecule is C=CCc1cccc(/C=C/NC(=O)CN2CCN(Cc3ccccc3)CC2)c1O. The first-order valence-corrected chi connectivity index (χ1v) is 10.0. The van der Waals surface area contributed by atoms with E-state index in [1.807, 2.05) is 24.3 Å². The Morgan fingerprint density at radius 3 is 2.48 bits per heavy atom. The van der Waals surface area contributed by atoms with Crippen molar-refractivity contribution in [2.75, 3.05) is 32.7 Å². The summed E-state index contributed by atoms with van der Waals surface area (Å²) in [6.45, 7) is 8.72. The number of benzene rings is 2. The van der Waals surface area contributed by atoms with Gasteiger partial charge >= 0.3 is 0 Å². The minimum absolute atomic E-state index is 0.0421. The molecule has 2 aromatic carbocycles. The summed E-state index contributed by atoms with van der Waals surface area (Å²) in [6, 6.07) is 16.0. The molecule has 1 aliphatic rings. The number of rotatable bonds is 8. The molecule has 0 bridgehead atoms. The molecule has 0 saturated carbocycles. The Kier molecular flexibility index (Phi) is 7.61. The van der Waals surface area contributed by atoms with E-state index in [9.17, 15) is 9.90 Å². The Morgan fingerprint density at radius 1 is 1.03 bits per heavy atom. The van der Waals surface area contributed by atoms with Crippen LogP contribution in [0, 0.1) is 0 Å². The van der Waals surface area contributed by atoms with Crippen molar-refractivity contribution in [3.63, 3.8) is 0 Å². The van der Waals surface area contributed by atoms with Crippen molar-refractivity contribution in [2.24, 2.45) is 0 Å². The number of hydrogen-bond acceptors (Lipinski definition) is 4. The van der Waals surface area contributed by atoms with E-state index in [0.29, 0.717) is 18.5 Å². The van der Waals surface area contributed by atoms with Crippen LogP contribution in [-0.4, -0.2) is 53.5 Å². The fourth-order valence-corrected chi connectivity index (χ4v) is 3.49. The summed E-state index contributed by atoms with van der Waals surface area (Å²) in [5, 5.41) is 13.1. The van der Waals surface area contributed by atoms with E-state index in [4.69, 9.17) is 0 Å². The Balaban J connectivity index is 1.42. The van der Waals surface area contributed by atoms with Gasteiger partial charge < -0.3 is 10.4 Å². The first kappa shape index (κ1) is 20.8. The largest absolute Gasteiger partial charge is 0.507 e. The Labute approximate surface area is 173 Å². The Bertz CT molecular complexity index is 840. The molecule has 0 atom stereocenters. The molecule has 1 saturated heterocycles. The van der Waals surface area contributed by atoms with Crippen LogP contribution in [0.5, 0.6) is 5.75 Å². The molecule has 5 heteroatoms. The number of allylic oxidation sites excluding steroid dienone is 1. The topological polar surface area (TPSA) is 55.8 Å². The first-order chi connectivity index (χ1) is 14.2. The minimum Gasteiger partial charge on any atom is -0.507 e. The van der Waals surface area contributed by atoms with Crippen molar-refractivity contribution in [3.05, 3.63) is 84.1 Å². The van der Waals surface area contributed by atoms with E-state index >= 15 is 0 Å². The van der Waals surface area contributed by atoms with Crippen LogP contribution in [0.2, 0.25) is 0 Å². The zero-order valence-electron chi connectivity index (χ0n) is 16.8. The number of carbonyl (C=O) groups is 1. The molecule has 29 heavy (non-hydrogen) atoms. The normalized spacial score (nSPS) is 15.4. The van der Waals surface area contributed by atoms with Crippen LogP contribution in [0.1, 0.15) is 16.7 Å². The second-order valence-electron chi connectivity index (χ2n) is 7.29. The molecule has 0 spiro atoms. The van der Waals surface area contributed by atoms with E-state index in [2.05, 4.69) is 46.0 Å². The third-order valence-electron chi connectivity index (χ3n) is 5.10. The van der Waals surface area contributed by atoms with E-state index in [1.54, 1.807) is 18.4 Å². The molecule has 1 fully saturated rings. The summed E-state index contributed by atoms with van der Waals surface area (Å²) in [5.41, 5.74) is 2.82. The summed E-state index contributed by atoms with van der Waals surface area (Å²) in [7, 11) is 0. The predicted molar refractivity (Wildman–Crippen MR) is 117 cm³/mol. The molecule has 3 rings (SSSR count). The highest BCUT2D eigenvalue weighted by Crippen LogP contribution is 2.24. The number of piperazine rings is 1. The molecule has 2 N–H and O–H groups in total. The fourth-order valence-electron chi connectivity index (χ4n) is 3.49. The highest BCUT2D eigenvalue weighted by molar-refractivity contribution is 5.80. The summed E-state index contributed by atoms with van der Waals surface area (Å²) >= 11 is 0. The van der Waals surface area contributed by atoms with Crippen molar-refractivity contribution in [1.82, 2.24) is 15.1 Å². The molecule has 1 amide bonds. The summed E-state index contributed by atoms with van der Waals surface area (Å²) in [4.78, 5) is 16.8. The maximum atomic E-state index is 12.2. The van der Waals surface area contributed by atoms with Gasteiger partial charge in [0.05, 0.1) is 6.54 Å². The lowest BCUT2D eigenvalue weighted by Crippen LogP contribution is -2.48. The molecular formula is C24H29N3O2. The number of carbonyl (C=O) groups excluding carboxylic acids is 1. The summed E-state index contributed by atoms with van der Waals surface area (Å²) < 4.78 is 0. The molecule has 0 aliphatic carbocycles. The Morgan fingerprint density at radius 2 is 1.76 bits per heavy atom. The minimum atomic E-state index is -0.0421. The van der Waals surface area contributed by atoms with Crippen LogP contribution in [0.4, 0.5) is 0 Å². The van der Waals surface area contributed by atoms with Gasteiger partial charge in [-0.2, -0.15) is 0 Å². The Hall–Kier alpha value is -2.89. The standard InChI is InChI=1S/C24H29N3O2/c1-2-7-21-10-6-11-22(24(21)29)12-13-25-23(28)19-27-16-14-26(15-17-27)18-20-8-4-3-5-9-20/h2-6,8-13,29H,1,7,14-19H2,(H,25,28)/b13-12+. The molecule has 152 valence electrons. The number of amides is 1. The molecule has 1 aliphatic heterocycles. The number of nitrogens with one attached hydrogen (secondary N) is 1. The van der Waals surface area contributed by atoms with Gasteiger partial charge in [0.25, 0.3) is 0 Å². The third-order valence-corrected chi connectivity index (χ3v) is 5.10. The highest BCUT2D eigenvalue weighted by Gasteiger charge is 2.18. The van der Waals surface area contributed by atoms with Crippen molar-refractivity contribution < 1.29 is 9.90 Å². The maximum absolute atomic E-state index is 12.2. The van der Waals surface area contributed by atoms with Crippen LogP contribution in [0.3, 0.4) is 0 Å². The second-order valence-corrected chi connectivity index (χ2v) is 7.29. The van der Waals surface area contributed by atoms with Gasteiger partial charge in [0.15, 0.2) is 0 Å². The zero-order valence-corrected chi connectivity index (χ0v) is 16.8. The van der Waals surface area contributed by atoms with Crippen LogP contribution in [0.15, 0.2) is 67.4 Å². The molecule has 0 unspecified atom stereocenters. The van der Waals surface area contributed by atoms with Gasteiger partial charge in [0.1, 0.15) is 5.75 Å². The van der Waals surface area contributed by atoms with E-state index in [-0.39, 0.29) is 11.7 Å². The van der Waals surface area contributed by atoms with Gasteiger partial charge in [-0.3, -0.25) is 14.6 Å². The van der Waals surface area contributed by atoms with Crippen molar-refractivity contribution >= 4 is 12.0 Å². The van der Waals surface area contributed by atoms with Crippen LogP contribution in [0.25, 0.3) is 6.08 Å². The molecule has 0 aromatic heterocycles. The molecule has 1 heterocycles. The lowest BCUT2D eigenvalue weighted by atomic mass is 10.1. The van der Waals surface area contributed by atoms with Gasteiger partial charge in [-0.05, 0) is 23.6 Å². The number of aromatic hydroxyl groups is 1. The van der Waals surface area contributed by atoms with Crippen LogP contribution >= 0.6 is 0 Å². The second kappa shape index (κ2) is 10.6. The van der Waals surface area contributed by atoms with Gasteiger partial charge in [0, 0.05) is 44.5 Å². The highest BCUT2D eigenvalue weighted by atomic mass is 16.3.